The molecule has 0 spiro atoms. The second kappa shape index (κ2) is 7.96. The number of nitrogens with zero attached hydrogens (tertiary/aromatic N) is 2. The summed E-state index contributed by atoms with van der Waals surface area (Å²) < 4.78 is 13.6. The van der Waals surface area contributed by atoms with Gasteiger partial charge >= 0.3 is 0 Å². The number of rotatable bonds is 5. The number of thioether (sulfide) groups is 1. The fourth-order valence-corrected chi connectivity index (χ4v) is 4.65. The van der Waals surface area contributed by atoms with Gasteiger partial charge in [-0.25, -0.2) is 4.98 Å². The van der Waals surface area contributed by atoms with E-state index in [-0.39, 0.29) is 23.3 Å². The summed E-state index contributed by atoms with van der Waals surface area (Å²) in [6.07, 6.45) is 1.92. The molecule has 2 aliphatic rings. The number of anilines is 1. The van der Waals surface area contributed by atoms with Crippen LogP contribution < -0.4 is 20.3 Å². The minimum absolute atomic E-state index is 0.0411. The van der Waals surface area contributed by atoms with Crippen molar-refractivity contribution in [3.63, 3.8) is 0 Å². The van der Waals surface area contributed by atoms with Gasteiger partial charge in [-0.3, -0.25) is 14.2 Å². The number of carbonyl (C=O) groups excluding carboxylic acids is 1. The van der Waals surface area contributed by atoms with Crippen LogP contribution in [-0.4, -0.2) is 34.4 Å². The molecular weight excluding hydrogens is 470 g/mol. The first-order chi connectivity index (χ1) is 14.6. The Bertz CT molecular complexity index is 1210. The number of hydrogen-bond donors (Lipinski definition) is 1. The fraction of sp³-hybridized carbons (Fsp3) is 0.286. The van der Waals surface area contributed by atoms with Crippen molar-refractivity contribution in [2.45, 2.75) is 24.0 Å². The number of halogens is 1. The minimum Gasteiger partial charge on any atom is -0.486 e. The van der Waals surface area contributed by atoms with Crippen LogP contribution in [0.25, 0.3) is 10.9 Å². The van der Waals surface area contributed by atoms with E-state index in [9.17, 15) is 9.59 Å². The molecule has 1 saturated carbocycles. The Morgan fingerprint density at radius 2 is 1.93 bits per heavy atom. The Balaban J connectivity index is 1.35. The molecule has 3 aromatic rings. The average molecular weight is 488 g/mol. The van der Waals surface area contributed by atoms with E-state index in [0.717, 1.165) is 12.8 Å². The van der Waals surface area contributed by atoms with Crippen LogP contribution in [0.5, 0.6) is 11.5 Å². The molecule has 7 nitrogen and oxygen atoms in total. The smallest absolute Gasteiger partial charge is 0.262 e. The summed E-state index contributed by atoms with van der Waals surface area (Å²) in [5.74, 6) is 1.20. The number of carbonyl (C=O) groups is 1. The van der Waals surface area contributed by atoms with Crippen LogP contribution >= 0.6 is 27.7 Å². The fourth-order valence-electron chi connectivity index (χ4n) is 3.36. The van der Waals surface area contributed by atoms with Gasteiger partial charge in [-0.15, -0.1) is 0 Å². The average Bonchev–Trinajstić information content (AvgIpc) is 3.58. The molecule has 1 N–H and O–H groups in total. The number of ether oxygens (including phenoxy) is 2. The molecule has 30 heavy (non-hydrogen) atoms. The molecule has 1 aromatic heterocycles. The highest BCUT2D eigenvalue weighted by Gasteiger charge is 2.28. The quantitative estimate of drug-likeness (QED) is 0.432. The highest BCUT2D eigenvalue weighted by Crippen LogP contribution is 2.39. The van der Waals surface area contributed by atoms with E-state index in [4.69, 9.17) is 9.47 Å². The highest BCUT2D eigenvalue weighted by molar-refractivity contribution is 9.10. The summed E-state index contributed by atoms with van der Waals surface area (Å²) in [4.78, 5) is 30.2. The number of amides is 1. The lowest BCUT2D eigenvalue weighted by Gasteiger charge is -2.20. The highest BCUT2D eigenvalue weighted by atomic mass is 79.9. The van der Waals surface area contributed by atoms with E-state index < -0.39 is 0 Å². The summed E-state index contributed by atoms with van der Waals surface area (Å²) in [6, 6.07) is 11.0. The molecule has 0 bridgehead atoms. The maximum Gasteiger partial charge on any atom is 0.262 e. The molecule has 0 radical (unpaired) electrons. The normalized spacial score (nSPS) is 15.2. The number of nitrogens with one attached hydrogen (secondary N) is 1. The van der Waals surface area contributed by atoms with Crippen molar-refractivity contribution >= 4 is 50.2 Å². The van der Waals surface area contributed by atoms with Crippen LogP contribution in [0, 0.1) is 0 Å². The molecule has 0 atom stereocenters. The zero-order valence-electron chi connectivity index (χ0n) is 15.9. The first-order valence-electron chi connectivity index (χ1n) is 9.63. The molecule has 0 unspecified atom stereocenters. The van der Waals surface area contributed by atoms with E-state index in [1.54, 1.807) is 22.8 Å². The van der Waals surface area contributed by atoms with Crippen molar-refractivity contribution in [1.29, 1.82) is 0 Å². The molecule has 154 valence electrons. The number of aromatic nitrogens is 2. The lowest BCUT2D eigenvalue weighted by molar-refractivity contribution is -0.113. The van der Waals surface area contributed by atoms with Gasteiger partial charge in [0.15, 0.2) is 16.7 Å². The lowest BCUT2D eigenvalue weighted by atomic mass is 10.2. The Morgan fingerprint density at radius 1 is 1.20 bits per heavy atom. The Labute approximate surface area is 184 Å². The van der Waals surface area contributed by atoms with Gasteiger partial charge in [0.05, 0.1) is 22.3 Å². The van der Waals surface area contributed by atoms with Gasteiger partial charge in [-0.05, 0) is 40.9 Å². The minimum atomic E-state index is -0.192. The maximum absolute atomic E-state index is 12.9. The van der Waals surface area contributed by atoms with Crippen LogP contribution in [0.2, 0.25) is 0 Å². The second-order valence-electron chi connectivity index (χ2n) is 7.13. The van der Waals surface area contributed by atoms with Gasteiger partial charge in [0, 0.05) is 22.6 Å². The van der Waals surface area contributed by atoms with Crippen molar-refractivity contribution in [2.24, 2.45) is 0 Å². The molecule has 0 saturated heterocycles. The largest absolute Gasteiger partial charge is 0.486 e. The molecule has 5 rings (SSSR count). The van der Waals surface area contributed by atoms with E-state index in [2.05, 4.69) is 26.2 Å². The van der Waals surface area contributed by atoms with Crippen molar-refractivity contribution in [2.75, 3.05) is 24.3 Å². The Kier molecular flexibility index (Phi) is 5.16. The van der Waals surface area contributed by atoms with Crippen LogP contribution in [0.1, 0.15) is 18.9 Å². The zero-order valence-corrected chi connectivity index (χ0v) is 18.3. The first-order valence-corrected chi connectivity index (χ1v) is 11.4. The van der Waals surface area contributed by atoms with Gasteiger partial charge < -0.3 is 14.8 Å². The molecule has 1 amide bonds. The first kappa shape index (κ1) is 19.4. The summed E-state index contributed by atoms with van der Waals surface area (Å²) in [5.41, 5.74) is 1.22. The van der Waals surface area contributed by atoms with Crippen molar-refractivity contribution in [1.82, 2.24) is 9.55 Å². The standard InChI is InChI=1S/C21H18BrN3O4S/c22-14-9-17-18(29-8-7-28-17)10-16(14)23-19(26)11-30-21-24-15-4-2-1-3-13(15)20(27)25(21)12-5-6-12/h1-4,9-10,12H,5-8,11H2,(H,23,26). The number of hydrogen-bond acceptors (Lipinski definition) is 6. The van der Waals surface area contributed by atoms with Gasteiger partial charge in [0.25, 0.3) is 5.56 Å². The lowest BCUT2D eigenvalue weighted by Crippen LogP contribution is -2.23. The van der Waals surface area contributed by atoms with Crippen LogP contribution in [0.15, 0.2) is 50.8 Å². The van der Waals surface area contributed by atoms with Crippen molar-refractivity contribution < 1.29 is 14.3 Å². The van der Waals surface area contributed by atoms with Crippen LogP contribution in [0.3, 0.4) is 0 Å². The summed E-state index contributed by atoms with van der Waals surface area (Å²) >= 11 is 4.74. The zero-order chi connectivity index (χ0) is 20.7. The number of fused-ring (bicyclic) bond motifs is 2. The molecule has 2 heterocycles. The molecule has 1 aliphatic carbocycles. The van der Waals surface area contributed by atoms with Crippen LogP contribution in [0.4, 0.5) is 5.69 Å². The topological polar surface area (TPSA) is 82.5 Å². The molecule has 1 fully saturated rings. The molecule has 2 aromatic carbocycles. The van der Waals surface area contributed by atoms with E-state index >= 15 is 0 Å². The summed E-state index contributed by atoms with van der Waals surface area (Å²) in [7, 11) is 0. The van der Waals surface area contributed by atoms with E-state index in [0.29, 0.717) is 50.9 Å². The monoisotopic (exact) mass is 487 g/mol. The summed E-state index contributed by atoms with van der Waals surface area (Å²) in [5, 5.41) is 4.08. The third kappa shape index (κ3) is 3.79. The third-order valence-electron chi connectivity index (χ3n) is 4.93. The van der Waals surface area contributed by atoms with Crippen LogP contribution in [-0.2, 0) is 4.79 Å². The molecule has 1 aliphatic heterocycles. The van der Waals surface area contributed by atoms with E-state index in [1.165, 1.54) is 11.8 Å². The second-order valence-corrected chi connectivity index (χ2v) is 8.93. The number of benzene rings is 2. The van der Waals surface area contributed by atoms with Gasteiger partial charge in [0.2, 0.25) is 5.91 Å². The Morgan fingerprint density at radius 3 is 2.70 bits per heavy atom. The predicted molar refractivity (Wildman–Crippen MR) is 119 cm³/mol. The van der Waals surface area contributed by atoms with Gasteiger partial charge in [-0.2, -0.15) is 0 Å². The maximum atomic E-state index is 12.9. The SMILES string of the molecule is O=C(CSc1nc2ccccc2c(=O)n1C1CC1)Nc1cc2c(cc1Br)OCCO2. The predicted octanol–water partition coefficient (Wildman–Crippen LogP) is 4.00. The Hall–Kier alpha value is -2.52. The van der Waals surface area contributed by atoms with E-state index in [1.807, 2.05) is 18.2 Å². The van der Waals surface area contributed by atoms with Crippen molar-refractivity contribution in [3.8, 4) is 11.5 Å². The molecular formula is C21H18BrN3O4S. The molecule has 9 heteroatoms. The van der Waals surface area contributed by atoms with Gasteiger partial charge in [0.1, 0.15) is 13.2 Å². The summed E-state index contributed by atoms with van der Waals surface area (Å²) in [6.45, 7) is 0.980. The van der Waals surface area contributed by atoms with Gasteiger partial charge in [-0.1, -0.05) is 23.9 Å². The third-order valence-corrected chi connectivity index (χ3v) is 6.53. The van der Waals surface area contributed by atoms with Crippen molar-refractivity contribution in [3.05, 3.63) is 51.2 Å². The number of para-hydroxylation sites is 1.